The number of aromatic nitrogens is 2. The van der Waals surface area contributed by atoms with Gasteiger partial charge in [-0.3, -0.25) is 14.2 Å². The fourth-order valence-corrected chi connectivity index (χ4v) is 3.50. The van der Waals surface area contributed by atoms with Gasteiger partial charge in [-0.25, -0.2) is 9.78 Å². The molecule has 0 saturated heterocycles. The van der Waals surface area contributed by atoms with Crippen molar-refractivity contribution in [3.63, 3.8) is 0 Å². The molecule has 0 aromatic carbocycles. The number of thiophene rings is 1. The lowest BCUT2D eigenvalue weighted by Crippen LogP contribution is -2.26. The Morgan fingerprint density at radius 1 is 1.30 bits per heavy atom. The molecule has 0 aliphatic heterocycles. The van der Waals surface area contributed by atoms with Crippen molar-refractivity contribution in [2.24, 2.45) is 0 Å². The van der Waals surface area contributed by atoms with Crippen molar-refractivity contribution in [1.82, 2.24) is 9.55 Å². The molecular weight excluding hydrogens is 320 g/mol. The number of nitrogens with zero attached hydrogens (tertiary/aromatic N) is 2. The minimum absolute atomic E-state index is 0.0346. The summed E-state index contributed by atoms with van der Waals surface area (Å²) in [5.41, 5.74) is 0.114. The molecule has 124 valence electrons. The van der Waals surface area contributed by atoms with E-state index in [1.807, 2.05) is 13.8 Å². The third kappa shape index (κ3) is 3.26. The summed E-state index contributed by atoms with van der Waals surface area (Å²) < 4.78 is 1.47. The number of hydrogen-bond acceptors (Lipinski definition) is 5. The first-order chi connectivity index (χ1) is 10.7. The van der Waals surface area contributed by atoms with Gasteiger partial charge in [0.05, 0.1) is 5.39 Å². The first-order valence-corrected chi connectivity index (χ1v) is 8.04. The molecular formula is C15H18N2O5S. The highest BCUT2D eigenvalue weighted by Crippen LogP contribution is 2.28. The minimum Gasteiger partial charge on any atom is -0.481 e. The summed E-state index contributed by atoms with van der Waals surface area (Å²) in [5, 5.41) is 18.3. The van der Waals surface area contributed by atoms with Gasteiger partial charge in [-0.2, -0.15) is 0 Å². The van der Waals surface area contributed by atoms with Crippen LogP contribution >= 0.6 is 11.3 Å². The second-order valence-corrected chi connectivity index (χ2v) is 6.62. The van der Waals surface area contributed by atoms with Gasteiger partial charge >= 0.3 is 11.9 Å². The molecule has 0 atom stereocenters. The molecule has 2 aromatic rings. The third-order valence-corrected chi connectivity index (χ3v) is 4.74. The molecule has 8 heteroatoms. The highest BCUT2D eigenvalue weighted by Gasteiger charge is 2.22. The first kappa shape index (κ1) is 17.1. The van der Waals surface area contributed by atoms with E-state index >= 15 is 0 Å². The van der Waals surface area contributed by atoms with E-state index in [4.69, 9.17) is 5.11 Å². The molecule has 0 aliphatic rings. The van der Waals surface area contributed by atoms with Crippen molar-refractivity contribution in [3.05, 3.63) is 26.6 Å². The van der Waals surface area contributed by atoms with Gasteiger partial charge < -0.3 is 10.2 Å². The van der Waals surface area contributed by atoms with Crippen LogP contribution in [0.2, 0.25) is 0 Å². The standard InChI is InChI=1S/C15H18N2O5S/c1-7(2)12-16-13-10(8(3)11(23-13)15(21)22)14(20)17(12)6-4-5-9(18)19/h7H,4-6H2,1-3H3,(H,18,19)(H,21,22). The topological polar surface area (TPSA) is 109 Å². The van der Waals surface area contributed by atoms with E-state index in [0.29, 0.717) is 28.0 Å². The maximum absolute atomic E-state index is 12.8. The first-order valence-electron chi connectivity index (χ1n) is 7.23. The van der Waals surface area contributed by atoms with Crippen LogP contribution in [-0.4, -0.2) is 31.7 Å². The second-order valence-electron chi connectivity index (χ2n) is 5.62. The van der Waals surface area contributed by atoms with Crippen LogP contribution in [0.5, 0.6) is 0 Å². The Hall–Kier alpha value is -2.22. The van der Waals surface area contributed by atoms with Gasteiger partial charge in [0, 0.05) is 18.9 Å². The van der Waals surface area contributed by atoms with Gasteiger partial charge in [-0.05, 0) is 18.9 Å². The highest BCUT2D eigenvalue weighted by molar-refractivity contribution is 7.20. The maximum Gasteiger partial charge on any atom is 0.346 e. The monoisotopic (exact) mass is 338 g/mol. The predicted octanol–water partition coefficient (Wildman–Crippen LogP) is 2.45. The number of fused-ring (bicyclic) bond motifs is 1. The van der Waals surface area contributed by atoms with Gasteiger partial charge in [0.1, 0.15) is 15.5 Å². The molecule has 2 N–H and O–H groups in total. The zero-order valence-electron chi connectivity index (χ0n) is 13.1. The molecule has 2 heterocycles. The van der Waals surface area contributed by atoms with Crippen molar-refractivity contribution in [3.8, 4) is 0 Å². The number of carbonyl (C=O) groups is 2. The highest BCUT2D eigenvalue weighted by atomic mass is 32.1. The average molecular weight is 338 g/mol. The third-order valence-electron chi connectivity index (χ3n) is 3.56. The lowest BCUT2D eigenvalue weighted by molar-refractivity contribution is -0.137. The molecule has 0 aliphatic carbocycles. The van der Waals surface area contributed by atoms with Crippen molar-refractivity contribution in [2.45, 2.75) is 46.1 Å². The molecule has 0 bridgehead atoms. The van der Waals surface area contributed by atoms with Crippen LogP contribution in [0, 0.1) is 6.92 Å². The number of aryl methyl sites for hydroxylation is 1. The zero-order chi connectivity index (χ0) is 17.3. The number of aliphatic carboxylic acids is 1. The van der Waals surface area contributed by atoms with E-state index in [9.17, 15) is 19.5 Å². The van der Waals surface area contributed by atoms with E-state index in [-0.39, 0.29) is 29.3 Å². The largest absolute Gasteiger partial charge is 0.481 e. The number of aromatic carboxylic acids is 1. The Bertz CT molecular complexity index is 834. The van der Waals surface area contributed by atoms with E-state index in [1.54, 1.807) is 6.92 Å². The van der Waals surface area contributed by atoms with Crippen LogP contribution < -0.4 is 5.56 Å². The van der Waals surface area contributed by atoms with E-state index in [0.717, 1.165) is 11.3 Å². The fraction of sp³-hybridized carbons (Fsp3) is 0.467. The number of carboxylic acids is 2. The van der Waals surface area contributed by atoms with E-state index in [1.165, 1.54) is 4.57 Å². The number of carboxylic acid groups (broad SMARTS) is 2. The van der Waals surface area contributed by atoms with Crippen LogP contribution in [0.3, 0.4) is 0 Å². The molecule has 0 unspecified atom stereocenters. The smallest absolute Gasteiger partial charge is 0.346 e. The fourth-order valence-electron chi connectivity index (χ4n) is 2.48. The van der Waals surface area contributed by atoms with E-state index < -0.39 is 11.9 Å². The van der Waals surface area contributed by atoms with Gasteiger partial charge in [-0.15, -0.1) is 11.3 Å². The lowest BCUT2D eigenvalue weighted by atomic mass is 10.1. The lowest BCUT2D eigenvalue weighted by Gasteiger charge is -2.14. The summed E-state index contributed by atoms with van der Waals surface area (Å²) in [5.74, 6) is -1.48. The maximum atomic E-state index is 12.8. The Morgan fingerprint density at radius 3 is 2.48 bits per heavy atom. The number of rotatable bonds is 6. The van der Waals surface area contributed by atoms with Crippen LogP contribution in [0.25, 0.3) is 10.2 Å². The van der Waals surface area contributed by atoms with Gasteiger partial charge in [-0.1, -0.05) is 13.8 Å². The van der Waals surface area contributed by atoms with Gasteiger partial charge in [0.25, 0.3) is 5.56 Å². The summed E-state index contributed by atoms with van der Waals surface area (Å²) in [6.07, 6.45) is 0.280. The molecule has 0 amide bonds. The molecule has 23 heavy (non-hydrogen) atoms. The van der Waals surface area contributed by atoms with Crippen molar-refractivity contribution in [2.75, 3.05) is 0 Å². The second kappa shape index (κ2) is 6.49. The van der Waals surface area contributed by atoms with Crippen LogP contribution in [0.15, 0.2) is 4.79 Å². The summed E-state index contributed by atoms with van der Waals surface area (Å²) in [6.45, 7) is 5.63. The summed E-state index contributed by atoms with van der Waals surface area (Å²) in [7, 11) is 0. The molecule has 0 radical (unpaired) electrons. The Balaban J connectivity index is 2.64. The molecule has 0 fully saturated rings. The van der Waals surface area contributed by atoms with Crippen LogP contribution in [0.4, 0.5) is 0 Å². The van der Waals surface area contributed by atoms with Gasteiger partial charge in [0.15, 0.2) is 0 Å². The molecule has 2 rings (SSSR count). The number of hydrogen-bond donors (Lipinski definition) is 2. The quantitative estimate of drug-likeness (QED) is 0.837. The molecule has 0 saturated carbocycles. The predicted molar refractivity (Wildman–Crippen MR) is 86.5 cm³/mol. The Labute approximate surface area is 136 Å². The van der Waals surface area contributed by atoms with Crippen molar-refractivity contribution >= 4 is 33.5 Å². The van der Waals surface area contributed by atoms with Crippen molar-refractivity contribution in [1.29, 1.82) is 0 Å². The summed E-state index contributed by atoms with van der Waals surface area (Å²) in [6, 6.07) is 0. The summed E-state index contributed by atoms with van der Waals surface area (Å²) in [4.78, 5) is 39.7. The van der Waals surface area contributed by atoms with Gasteiger partial charge in [0.2, 0.25) is 0 Å². The van der Waals surface area contributed by atoms with Crippen molar-refractivity contribution < 1.29 is 19.8 Å². The van der Waals surface area contributed by atoms with E-state index in [2.05, 4.69) is 4.98 Å². The minimum atomic E-state index is -1.08. The summed E-state index contributed by atoms with van der Waals surface area (Å²) >= 11 is 0.997. The molecule has 7 nitrogen and oxygen atoms in total. The normalized spacial score (nSPS) is 11.3. The molecule has 2 aromatic heterocycles. The zero-order valence-corrected chi connectivity index (χ0v) is 13.9. The van der Waals surface area contributed by atoms with Crippen LogP contribution in [-0.2, 0) is 11.3 Å². The Morgan fingerprint density at radius 2 is 1.96 bits per heavy atom. The Kier molecular flexibility index (Phi) is 4.84. The molecule has 0 spiro atoms. The SMILES string of the molecule is Cc1c(C(=O)O)sc2nc(C(C)C)n(CCCC(=O)O)c(=O)c12. The van der Waals surface area contributed by atoms with Crippen LogP contribution in [0.1, 0.15) is 53.7 Å². The average Bonchev–Trinajstić information content (AvgIpc) is 2.78.